The van der Waals surface area contributed by atoms with Gasteiger partial charge in [-0.25, -0.2) is 4.99 Å². The molecule has 0 saturated heterocycles. The molecule has 3 heterocycles. The Labute approximate surface area is 156 Å². The molecule has 2 aliphatic heterocycles. The van der Waals surface area contributed by atoms with Crippen molar-refractivity contribution < 1.29 is 9.21 Å². The molecule has 1 N–H and O–H groups in total. The Morgan fingerprint density at radius 1 is 1.42 bits per heavy atom. The Hall–Kier alpha value is -2.60. The van der Waals surface area contributed by atoms with E-state index < -0.39 is 0 Å². The molecule has 7 heteroatoms. The van der Waals surface area contributed by atoms with Gasteiger partial charge in [0.15, 0.2) is 0 Å². The summed E-state index contributed by atoms with van der Waals surface area (Å²) >= 11 is 6.16. The van der Waals surface area contributed by atoms with Crippen molar-refractivity contribution in [3.05, 3.63) is 45.7 Å². The van der Waals surface area contributed by atoms with Gasteiger partial charge in [-0.3, -0.25) is 9.79 Å². The van der Waals surface area contributed by atoms with Gasteiger partial charge in [-0.15, -0.1) is 0 Å². The van der Waals surface area contributed by atoms with E-state index in [9.17, 15) is 4.79 Å². The zero-order valence-electron chi connectivity index (χ0n) is 14.8. The summed E-state index contributed by atoms with van der Waals surface area (Å²) < 4.78 is 5.73. The predicted octanol–water partition coefficient (Wildman–Crippen LogP) is 4.32. The van der Waals surface area contributed by atoms with Crippen LogP contribution in [0.4, 0.5) is 11.6 Å². The summed E-state index contributed by atoms with van der Waals surface area (Å²) in [6, 6.07) is 5.62. The molecule has 4 rings (SSSR count). The van der Waals surface area contributed by atoms with E-state index in [-0.39, 0.29) is 11.9 Å². The lowest BCUT2D eigenvalue weighted by atomic mass is 10.1. The van der Waals surface area contributed by atoms with E-state index in [1.54, 1.807) is 19.3 Å². The minimum atomic E-state index is -0.252. The van der Waals surface area contributed by atoms with Crippen LogP contribution in [-0.4, -0.2) is 35.6 Å². The van der Waals surface area contributed by atoms with Gasteiger partial charge >= 0.3 is 0 Å². The number of amides is 1. The first-order chi connectivity index (χ1) is 12.5. The second kappa shape index (κ2) is 6.29. The van der Waals surface area contributed by atoms with Crippen molar-refractivity contribution in [2.24, 2.45) is 9.98 Å². The number of benzene rings is 1. The first-order valence-corrected chi connectivity index (χ1v) is 8.96. The monoisotopic (exact) mass is 370 g/mol. The smallest absolute Gasteiger partial charge is 0.260 e. The predicted molar refractivity (Wildman–Crippen MR) is 103 cm³/mol. The molecule has 0 spiro atoms. The second-order valence-electron chi connectivity index (χ2n) is 6.49. The number of hydrogen-bond acceptors (Lipinski definition) is 5. The van der Waals surface area contributed by atoms with Crippen molar-refractivity contribution in [3.8, 4) is 0 Å². The minimum Gasteiger partial charge on any atom is -0.442 e. The summed E-state index contributed by atoms with van der Waals surface area (Å²) in [6.07, 6.45) is 2.66. The first kappa shape index (κ1) is 16.8. The average molecular weight is 371 g/mol. The van der Waals surface area contributed by atoms with E-state index in [4.69, 9.17) is 21.0 Å². The maximum absolute atomic E-state index is 13.0. The third kappa shape index (κ3) is 2.61. The van der Waals surface area contributed by atoms with Crippen molar-refractivity contribution in [2.45, 2.75) is 33.2 Å². The molecule has 134 valence electrons. The zero-order chi connectivity index (χ0) is 18.4. The highest BCUT2D eigenvalue weighted by molar-refractivity contribution is 6.32. The fourth-order valence-electron chi connectivity index (χ4n) is 3.28. The number of aryl methyl sites for hydroxylation is 1. The summed E-state index contributed by atoms with van der Waals surface area (Å²) in [7, 11) is 0. The van der Waals surface area contributed by atoms with Gasteiger partial charge in [-0.05, 0) is 38.0 Å². The van der Waals surface area contributed by atoms with Gasteiger partial charge in [0.2, 0.25) is 5.88 Å². The molecule has 26 heavy (non-hydrogen) atoms. The Bertz CT molecular complexity index is 961. The maximum Gasteiger partial charge on any atom is 0.260 e. The third-order valence-electron chi connectivity index (χ3n) is 4.80. The van der Waals surface area contributed by atoms with Crippen molar-refractivity contribution >= 4 is 41.3 Å². The van der Waals surface area contributed by atoms with E-state index >= 15 is 0 Å². The fraction of sp³-hybridized carbons (Fsp3) is 0.316. The zero-order valence-corrected chi connectivity index (χ0v) is 15.6. The maximum atomic E-state index is 13.0. The Kier molecular flexibility index (Phi) is 4.07. The molecule has 0 fully saturated rings. The highest BCUT2D eigenvalue weighted by atomic mass is 35.5. The fourth-order valence-corrected chi connectivity index (χ4v) is 3.46. The number of anilines is 1. The lowest BCUT2D eigenvalue weighted by Crippen LogP contribution is -2.31. The highest BCUT2D eigenvalue weighted by Gasteiger charge is 2.36. The average Bonchev–Trinajstić information content (AvgIpc) is 3.18. The van der Waals surface area contributed by atoms with Crippen LogP contribution >= 0.6 is 11.6 Å². The van der Waals surface area contributed by atoms with Crippen molar-refractivity contribution in [1.82, 2.24) is 4.90 Å². The van der Waals surface area contributed by atoms with Gasteiger partial charge in [0.1, 0.15) is 17.9 Å². The molecule has 2 aromatic rings. The Morgan fingerprint density at radius 3 is 3.00 bits per heavy atom. The van der Waals surface area contributed by atoms with Gasteiger partial charge < -0.3 is 14.6 Å². The SMILES string of the molecule is CCC1CN2C=Nc3oc(C)c(C(=O)Nc4cccc(Cl)c4C)c3C2=N1. The topological polar surface area (TPSA) is 70.2 Å². The Balaban J connectivity index is 1.75. The van der Waals surface area contributed by atoms with Crippen LogP contribution in [0.2, 0.25) is 5.02 Å². The summed E-state index contributed by atoms with van der Waals surface area (Å²) in [5, 5.41) is 3.55. The van der Waals surface area contributed by atoms with Crippen LogP contribution in [0.3, 0.4) is 0 Å². The number of carbonyl (C=O) groups is 1. The first-order valence-electron chi connectivity index (χ1n) is 8.58. The number of amidine groups is 1. The molecule has 6 nitrogen and oxygen atoms in total. The van der Waals surface area contributed by atoms with E-state index in [0.717, 1.165) is 24.4 Å². The van der Waals surface area contributed by atoms with E-state index in [1.165, 1.54) is 0 Å². The van der Waals surface area contributed by atoms with Gasteiger partial charge in [-0.1, -0.05) is 24.6 Å². The normalized spacial score (nSPS) is 17.8. The molecule has 2 aliphatic rings. The molecule has 1 amide bonds. The number of fused-ring (bicyclic) bond motifs is 3. The lowest BCUT2D eigenvalue weighted by molar-refractivity contribution is 0.102. The van der Waals surface area contributed by atoms with E-state index in [0.29, 0.717) is 33.5 Å². The number of nitrogens with zero attached hydrogens (tertiary/aromatic N) is 3. The Morgan fingerprint density at radius 2 is 2.23 bits per heavy atom. The molecule has 1 aromatic heterocycles. The third-order valence-corrected chi connectivity index (χ3v) is 5.21. The molecule has 1 atom stereocenters. The van der Waals surface area contributed by atoms with Crippen molar-refractivity contribution in [2.75, 3.05) is 11.9 Å². The summed E-state index contributed by atoms with van der Waals surface area (Å²) in [5.74, 6) is 1.46. The molecule has 0 radical (unpaired) electrons. The number of halogens is 1. The van der Waals surface area contributed by atoms with Gasteiger partial charge in [0.25, 0.3) is 5.91 Å². The van der Waals surface area contributed by atoms with E-state index in [1.807, 2.05) is 24.0 Å². The molecular weight excluding hydrogens is 352 g/mol. The van der Waals surface area contributed by atoms with E-state index in [2.05, 4.69) is 17.2 Å². The van der Waals surface area contributed by atoms with Gasteiger partial charge in [0, 0.05) is 17.3 Å². The number of carbonyl (C=O) groups excluding carboxylic acids is 1. The number of rotatable bonds is 3. The number of nitrogens with one attached hydrogen (secondary N) is 1. The van der Waals surface area contributed by atoms with Crippen LogP contribution in [0.15, 0.2) is 32.6 Å². The molecule has 1 unspecified atom stereocenters. The van der Waals surface area contributed by atoms with Crippen LogP contribution in [-0.2, 0) is 0 Å². The highest BCUT2D eigenvalue weighted by Crippen LogP contribution is 2.36. The summed E-state index contributed by atoms with van der Waals surface area (Å²) in [4.78, 5) is 24.1. The largest absolute Gasteiger partial charge is 0.442 e. The van der Waals surface area contributed by atoms with Crippen LogP contribution in [0.5, 0.6) is 0 Å². The lowest BCUT2D eigenvalue weighted by Gasteiger charge is -2.18. The quantitative estimate of drug-likeness (QED) is 0.874. The number of furan rings is 1. The van der Waals surface area contributed by atoms with Crippen LogP contribution in [0.1, 0.15) is 40.6 Å². The molecule has 0 bridgehead atoms. The van der Waals surface area contributed by atoms with Crippen LogP contribution < -0.4 is 5.32 Å². The van der Waals surface area contributed by atoms with Crippen LogP contribution in [0.25, 0.3) is 0 Å². The molecule has 0 aliphatic carbocycles. The minimum absolute atomic E-state index is 0.198. The molecule has 0 saturated carbocycles. The second-order valence-corrected chi connectivity index (χ2v) is 6.90. The molecule has 1 aromatic carbocycles. The van der Waals surface area contributed by atoms with Gasteiger partial charge in [0.05, 0.1) is 17.2 Å². The summed E-state index contributed by atoms with van der Waals surface area (Å²) in [5.41, 5.74) is 2.63. The standard InChI is InChI=1S/C19H19ClN4O2/c1-4-12-8-24-9-21-19-16(17(24)22-12)15(11(3)26-19)18(25)23-14-7-5-6-13(20)10(14)2/h5-7,9,12H,4,8H2,1-3H3,(H,23,25). The van der Waals surface area contributed by atoms with Gasteiger partial charge in [-0.2, -0.15) is 0 Å². The van der Waals surface area contributed by atoms with Crippen molar-refractivity contribution in [3.63, 3.8) is 0 Å². The van der Waals surface area contributed by atoms with Crippen molar-refractivity contribution in [1.29, 1.82) is 0 Å². The number of aliphatic imine (C=N–C) groups is 2. The van der Waals surface area contributed by atoms with Crippen LogP contribution in [0, 0.1) is 13.8 Å². The molecular formula is C19H19ClN4O2. The number of hydrogen-bond donors (Lipinski definition) is 1. The summed E-state index contributed by atoms with van der Waals surface area (Å²) in [6.45, 7) is 6.51.